The van der Waals surface area contributed by atoms with Gasteiger partial charge in [0, 0.05) is 12.8 Å². The molecule has 1 fully saturated rings. The Morgan fingerprint density at radius 2 is 1.09 bits per heavy atom. The fourth-order valence-corrected chi connectivity index (χ4v) is 5.81. The maximum absolute atomic E-state index is 11.6. The topological polar surface area (TPSA) is 157 Å². The number of rotatable bonds is 29. The van der Waals surface area contributed by atoms with Gasteiger partial charge < -0.3 is 40.1 Å². The van der Waals surface area contributed by atoms with E-state index in [-0.39, 0.29) is 12.4 Å². The van der Waals surface area contributed by atoms with Crippen LogP contribution >= 0.6 is 0 Å². The summed E-state index contributed by atoms with van der Waals surface area (Å²) >= 11 is 0. The van der Waals surface area contributed by atoms with E-state index in [0.717, 1.165) is 25.7 Å². The van der Waals surface area contributed by atoms with Gasteiger partial charge >= 0.3 is 0 Å². The number of Topliss-reactive ketones (excluding diaryl/α,β-unsaturated/α-hetero) is 1. The second-order valence-electron chi connectivity index (χ2n) is 12.9. The highest BCUT2D eigenvalue weighted by molar-refractivity contribution is 5.78. The Morgan fingerprint density at radius 3 is 1.53 bits per heavy atom. The van der Waals surface area contributed by atoms with Crippen LogP contribution in [0.2, 0.25) is 0 Å². The molecule has 0 amide bonds. The van der Waals surface area contributed by atoms with Crippen molar-refractivity contribution < 1.29 is 44.9 Å². The predicted molar refractivity (Wildman–Crippen MR) is 169 cm³/mol. The molecule has 256 valence electrons. The van der Waals surface area contributed by atoms with Gasteiger partial charge in [0.2, 0.25) is 0 Å². The Balaban J connectivity index is 1.79. The van der Waals surface area contributed by atoms with Crippen LogP contribution in [0.25, 0.3) is 0 Å². The SMILES string of the molecule is C[C@@H](O)CC(=O)CCCCCCCCCCCCCCCCCCCCC[C@@H](O)CCO[C@H]1O[C@H](CO)[C@@H](O)[C@H](O)[C@H]1O. The van der Waals surface area contributed by atoms with Crippen molar-refractivity contribution in [1.29, 1.82) is 0 Å². The molecule has 0 unspecified atom stereocenters. The zero-order valence-electron chi connectivity index (χ0n) is 27.1. The second kappa shape index (κ2) is 26.6. The standard InChI is InChI=1S/C34H66O9/c1-27(36)25-29(38)22-20-18-16-14-12-10-8-6-4-2-3-5-7-9-11-13-15-17-19-21-28(37)23-24-42-34-33(41)32(40)31(39)30(26-35)43-34/h27-28,30-37,39-41H,2-26H2,1H3/t27-,28-,30-,31-,32+,33-,34+/m1/s1. The molecule has 0 spiro atoms. The van der Waals surface area contributed by atoms with Crippen molar-refractivity contribution in [3.8, 4) is 0 Å². The number of hydrogen-bond donors (Lipinski definition) is 6. The third kappa shape index (κ3) is 20.9. The lowest BCUT2D eigenvalue weighted by Gasteiger charge is -2.39. The van der Waals surface area contributed by atoms with E-state index in [4.69, 9.17) is 9.47 Å². The van der Waals surface area contributed by atoms with Gasteiger partial charge in [-0.15, -0.1) is 0 Å². The summed E-state index contributed by atoms with van der Waals surface area (Å²) in [5, 5.41) is 58.2. The van der Waals surface area contributed by atoms with Crippen molar-refractivity contribution in [2.24, 2.45) is 0 Å². The van der Waals surface area contributed by atoms with Gasteiger partial charge in [-0.3, -0.25) is 4.79 Å². The minimum atomic E-state index is -1.45. The van der Waals surface area contributed by atoms with E-state index >= 15 is 0 Å². The molecule has 9 nitrogen and oxygen atoms in total. The summed E-state index contributed by atoms with van der Waals surface area (Å²) in [7, 11) is 0. The van der Waals surface area contributed by atoms with Crippen molar-refractivity contribution in [3.05, 3.63) is 0 Å². The molecule has 0 aromatic carbocycles. The van der Waals surface area contributed by atoms with Gasteiger partial charge in [-0.1, -0.05) is 116 Å². The minimum absolute atomic E-state index is 0.156. The summed E-state index contributed by atoms with van der Waals surface area (Å²) in [6.45, 7) is 1.34. The second-order valence-corrected chi connectivity index (χ2v) is 12.9. The number of ether oxygens (including phenoxy) is 2. The molecule has 43 heavy (non-hydrogen) atoms. The van der Waals surface area contributed by atoms with E-state index in [2.05, 4.69) is 0 Å². The predicted octanol–water partition coefficient (Wildman–Crippen LogP) is 5.09. The molecule has 0 aromatic heterocycles. The number of aliphatic hydroxyl groups excluding tert-OH is 6. The number of hydrogen-bond acceptors (Lipinski definition) is 9. The highest BCUT2D eigenvalue weighted by Gasteiger charge is 2.43. The van der Waals surface area contributed by atoms with Crippen LogP contribution in [-0.2, 0) is 14.3 Å². The van der Waals surface area contributed by atoms with Gasteiger partial charge in [-0.25, -0.2) is 0 Å². The van der Waals surface area contributed by atoms with Crippen molar-refractivity contribution >= 4 is 5.78 Å². The lowest BCUT2D eigenvalue weighted by atomic mass is 9.99. The van der Waals surface area contributed by atoms with Gasteiger partial charge in [0.15, 0.2) is 6.29 Å². The number of aliphatic hydroxyl groups is 6. The quantitative estimate of drug-likeness (QED) is 0.0629. The molecule has 0 bridgehead atoms. The van der Waals surface area contributed by atoms with Crippen LogP contribution in [0.3, 0.4) is 0 Å². The summed E-state index contributed by atoms with van der Waals surface area (Å²) in [6, 6.07) is 0. The molecule has 9 heteroatoms. The maximum atomic E-state index is 11.6. The molecular formula is C34H66O9. The van der Waals surface area contributed by atoms with Gasteiger partial charge in [0.05, 0.1) is 25.4 Å². The first-order valence-electron chi connectivity index (χ1n) is 17.6. The average molecular weight is 619 g/mol. The summed E-state index contributed by atoms with van der Waals surface area (Å²) < 4.78 is 10.8. The molecule has 1 rings (SSSR count). The monoisotopic (exact) mass is 618 g/mol. The van der Waals surface area contributed by atoms with Crippen LogP contribution in [0.1, 0.15) is 155 Å². The Labute approximate surface area is 261 Å². The van der Waals surface area contributed by atoms with Crippen LogP contribution in [0.4, 0.5) is 0 Å². The molecule has 1 heterocycles. The van der Waals surface area contributed by atoms with E-state index in [0.29, 0.717) is 25.7 Å². The Bertz CT molecular complexity index is 645. The highest BCUT2D eigenvalue weighted by Crippen LogP contribution is 2.22. The smallest absolute Gasteiger partial charge is 0.186 e. The number of carbonyl (C=O) groups is 1. The largest absolute Gasteiger partial charge is 0.394 e. The van der Waals surface area contributed by atoms with E-state index < -0.39 is 49.5 Å². The number of carbonyl (C=O) groups excluding carboxylic acids is 1. The van der Waals surface area contributed by atoms with Crippen LogP contribution in [0.15, 0.2) is 0 Å². The number of unbranched alkanes of at least 4 members (excludes halogenated alkanes) is 18. The Kier molecular flexibility index (Phi) is 24.9. The third-order valence-electron chi connectivity index (χ3n) is 8.60. The average Bonchev–Trinajstić information content (AvgIpc) is 2.97. The van der Waals surface area contributed by atoms with Crippen LogP contribution in [0.5, 0.6) is 0 Å². The van der Waals surface area contributed by atoms with Crippen molar-refractivity contribution in [3.63, 3.8) is 0 Å². The van der Waals surface area contributed by atoms with Crippen LogP contribution in [0, 0.1) is 0 Å². The van der Waals surface area contributed by atoms with Gasteiger partial charge in [0.25, 0.3) is 0 Å². The van der Waals surface area contributed by atoms with Gasteiger partial charge in [-0.05, 0) is 26.2 Å². The first kappa shape index (κ1) is 40.4. The minimum Gasteiger partial charge on any atom is -0.394 e. The van der Waals surface area contributed by atoms with Crippen molar-refractivity contribution in [1.82, 2.24) is 0 Å². The fourth-order valence-electron chi connectivity index (χ4n) is 5.81. The van der Waals surface area contributed by atoms with Gasteiger partial charge in [0.1, 0.15) is 30.2 Å². The molecular weight excluding hydrogens is 552 g/mol. The van der Waals surface area contributed by atoms with Crippen LogP contribution in [-0.4, -0.2) is 92.5 Å². The lowest BCUT2D eigenvalue weighted by molar-refractivity contribution is -0.301. The third-order valence-corrected chi connectivity index (χ3v) is 8.60. The summed E-state index contributed by atoms with van der Waals surface area (Å²) in [4.78, 5) is 11.6. The molecule has 0 radical (unpaired) electrons. The zero-order chi connectivity index (χ0) is 31.7. The first-order chi connectivity index (χ1) is 20.8. The number of ketones is 1. The molecule has 1 saturated heterocycles. The van der Waals surface area contributed by atoms with Gasteiger partial charge in [-0.2, -0.15) is 0 Å². The van der Waals surface area contributed by atoms with Crippen LogP contribution < -0.4 is 0 Å². The summed E-state index contributed by atoms with van der Waals surface area (Å²) in [6.07, 6.45) is 18.4. The van der Waals surface area contributed by atoms with Crippen molar-refractivity contribution in [2.45, 2.75) is 198 Å². The summed E-state index contributed by atoms with van der Waals surface area (Å²) in [5.74, 6) is 0.192. The highest BCUT2D eigenvalue weighted by atomic mass is 16.7. The molecule has 0 aromatic rings. The van der Waals surface area contributed by atoms with Crippen molar-refractivity contribution in [2.75, 3.05) is 13.2 Å². The molecule has 0 saturated carbocycles. The molecule has 0 aliphatic carbocycles. The van der Waals surface area contributed by atoms with E-state index in [1.54, 1.807) is 6.92 Å². The molecule has 6 N–H and O–H groups in total. The van der Waals surface area contributed by atoms with E-state index in [1.165, 1.54) is 96.3 Å². The van der Waals surface area contributed by atoms with E-state index in [9.17, 15) is 35.4 Å². The molecule has 7 atom stereocenters. The summed E-state index contributed by atoms with van der Waals surface area (Å²) in [5.41, 5.74) is 0. The van der Waals surface area contributed by atoms with E-state index in [1.807, 2.05) is 0 Å². The maximum Gasteiger partial charge on any atom is 0.186 e. The zero-order valence-corrected chi connectivity index (χ0v) is 27.1. The molecule has 1 aliphatic rings. The Morgan fingerprint density at radius 1 is 0.651 bits per heavy atom. The normalized spacial score (nSPS) is 23.8. The molecule has 1 aliphatic heterocycles. The first-order valence-corrected chi connectivity index (χ1v) is 17.6. The fraction of sp³-hybridized carbons (Fsp3) is 0.971. The Hall–Kier alpha value is -0.650. The lowest BCUT2D eigenvalue weighted by Crippen LogP contribution is -2.59.